The van der Waals surface area contributed by atoms with Crippen molar-refractivity contribution < 1.29 is 4.79 Å². The number of likely N-dealkylation sites (N-methyl/N-ethyl adjacent to an activating group) is 1. The van der Waals surface area contributed by atoms with Gasteiger partial charge in [-0.2, -0.15) is 0 Å². The first-order valence-electron chi connectivity index (χ1n) is 7.86. The monoisotopic (exact) mass is 303 g/mol. The van der Waals surface area contributed by atoms with Gasteiger partial charge < -0.3 is 15.5 Å². The van der Waals surface area contributed by atoms with Crippen molar-refractivity contribution >= 4 is 11.9 Å². The Morgan fingerprint density at radius 3 is 2.27 bits per heavy atom. The SMILES string of the molecule is CN(Cc1cnc(N(C)C)nc1)C(=O)C1(N)CC2(CCC2)C1. The van der Waals surface area contributed by atoms with Crippen LogP contribution in [0.3, 0.4) is 0 Å². The Morgan fingerprint density at radius 1 is 1.23 bits per heavy atom. The lowest BCUT2D eigenvalue weighted by Gasteiger charge is -2.59. The molecule has 1 amide bonds. The fourth-order valence-corrected chi connectivity index (χ4v) is 3.85. The van der Waals surface area contributed by atoms with E-state index in [1.54, 1.807) is 17.3 Å². The highest BCUT2D eigenvalue weighted by Crippen LogP contribution is 2.59. The summed E-state index contributed by atoms with van der Waals surface area (Å²) in [6, 6.07) is 0. The van der Waals surface area contributed by atoms with Gasteiger partial charge >= 0.3 is 0 Å². The van der Waals surface area contributed by atoms with E-state index in [9.17, 15) is 4.79 Å². The molecule has 1 heterocycles. The van der Waals surface area contributed by atoms with E-state index in [4.69, 9.17) is 5.73 Å². The predicted molar refractivity (Wildman–Crippen MR) is 85.3 cm³/mol. The van der Waals surface area contributed by atoms with Crippen LogP contribution in [-0.4, -0.2) is 47.5 Å². The van der Waals surface area contributed by atoms with E-state index in [0.717, 1.165) is 18.4 Å². The minimum atomic E-state index is -0.653. The van der Waals surface area contributed by atoms with E-state index >= 15 is 0 Å². The van der Waals surface area contributed by atoms with Crippen molar-refractivity contribution in [1.29, 1.82) is 0 Å². The normalized spacial score (nSPS) is 20.9. The molecule has 0 saturated heterocycles. The third kappa shape index (κ3) is 2.56. The van der Waals surface area contributed by atoms with E-state index in [0.29, 0.717) is 17.9 Å². The van der Waals surface area contributed by atoms with E-state index in [1.807, 2.05) is 26.0 Å². The first-order valence-corrected chi connectivity index (χ1v) is 7.86. The van der Waals surface area contributed by atoms with E-state index in [-0.39, 0.29) is 5.91 Å². The Morgan fingerprint density at radius 2 is 1.82 bits per heavy atom. The first kappa shape index (κ1) is 15.2. The molecule has 2 aliphatic carbocycles. The Hall–Kier alpha value is -1.69. The summed E-state index contributed by atoms with van der Waals surface area (Å²) in [5, 5.41) is 0. The predicted octanol–water partition coefficient (Wildman–Crippen LogP) is 1.16. The lowest BCUT2D eigenvalue weighted by molar-refractivity contribution is -0.150. The molecule has 1 aromatic heterocycles. The van der Waals surface area contributed by atoms with Crippen molar-refractivity contribution in [3.63, 3.8) is 0 Å². The molecular weight excluding hydrogens is 278 g/mol. The molecule has 1 aromatic rings. The zero-order valence-electron chi connectivity index (χ0n) is 13.7. The largest absolute Gasteiger partial charge is 0.347 e. The Kier molecular flexibility index (Phi) is 3.59. The number of nitrogens with two attached hydrogens (primary N) is 1. The van der Waals surface area contributed by atoms with Crippen LogP contribution in [0.2, 0.25) is 0 Å². The summed E-state index contributed by atoms with van der Waals surface area (Å²) in [6.45, 7) is 0.499. The topological polar surface area (TPSA) is 75.4 Å². The van der Waals surface area contributed by atoms with Gasteiger partial charge in [0.2, 0.25) is 11.9 Å². The molecule has 0 aromatic carbocycles. The van der Waals surface area contributed by atoms with Gasteiger partial charge in [-0.15, -0.1) is 0 Å². The smallest absolute Gasteiger partial charge is 0.242 e. The minimum absolute atomic E-state index is 0.0433. The molecule has 6 heteroatoms. The molecule has 2 N–H and O–H groups in total. The van der Waals surface area contributed by atoms with Gasteiger partial charge in [0.1, 0.15) is 0 Å². The van der Waals surface area contributed by atoms with Crippen molar-refractivity contribution in [2.45, 2.75) is 44.2 Å². The first-order chi connectivity index (χ1) is 10.3. The van der Waals surface area contributed by atoms with Crippen LogP contribution in [0.4, 0.5) is 5.95 Å². The molecule has 0 atom stereocenters. The maximum absolute atomic E-state index is 12.6. The van der Waals surface area contributed by atoms with Crippen LogP contribution in [0.25, 0.3) is 0 Å². The van der Waals surface area contributed by atoms with Crippen LogP contribution in [0.1, 0.15) is 37.7 Å². The summed E-state index contributed by atoms with van der Waals surface area (Å²) < 4.78 is 0. The number of nitrogens with zero attached hydrogens (tertiary/aromatic N) is 4. The number of rotatable bonds is 4. The lowest BCUT2D eigenvalue weighted by Crippen LogP contribution is -2.67. The fraction of sp³-hybridized carbons (Fsp3) is 0.688. The van der Waals surface area contributed by atoms with Gasteiger partial charge in [-0.3, -0.25) is 4.79 Å². The van der Waals surface area contributed by atoms with E-state index in [1.165, 1.54) is 19.3 Å². The molecule has 0 bridgehead atoms. The quantitative estimate of drug-likeness (QED) is 0.903. The third-order valence-corrected chi connectivity index (χ3v) is 5.08. The van der Waals surface area contributed by atoms with Gasteiger partial charge in [-0.05, 0) is 31.1 Å². The summed E-state index contributed by atoms with van der Waals surface area (Å²) in [5.41, 5.74) is 6.98. The summed E-state index contributed by atoms with van der Waals surface area (Å²) >= 11 is 0. The highest BCUT2D eigenvalue weighted by atomic mass is 16.2. The summed E-state index contributed by atoms with van der Waals surface area (Å²) in [6.07, 6.45) is 8.99. The summed E-state index contributed by atoms with van der Waals surface area (Å²) in [5.74, 6) is 0.709. The lowest BCUT2D eigenvalue weighted by atomic mass is 9.48. The van der Waals surface area contributed by atoms with Crippen LogP contribution in [-0.2, 0) is 11.3 Å². The van der Waals surface area contributed by atoms with Crippen molar-refractivity contribution in [1.82, 2.24) is 14.9 Å². The average Bonchev–Trinajstić information content (AvgIpc) is 2.41. The second-order valence-corrected chi connectivity index (χ2v) is 7.31. The number of carbonyl (C=O) groups is 1. The maximum Gasteiger partial charge on any atom is 0.242 e. The van der Waals surface area contributed by atoms with E-state index < -0.39 is 5.54 Å². The second kappa shape index (κ2) is 5.19. The molecule has 2 saturated carbocycles. The molecule has 2 fully saturated rings. The molecule has 0 unspecified atom stereocenters. The summed E-state index contributed by atoms with van der Waals surface area (Å²) in [4.78, 5) is 24.7. The third-order valence-electron chi connectivity index (χ3n) is 5.08. The van der Waals surface area contributed by atoms with Crippen molar-refractivity contribution in [2.24, 2.45) is 11.1 Å². The van der Waals surface area contributed by atoms with Crippen molar-refractivity contribution in [3.05, 3.63) is 18.0 Å². The Bertz CT molecular complexity index is 556. The highest BCUT2D eigenvalue weighted by molar-refractivity contribution is 5.87. The fourth-order valence-electron chi connectivity index (χ4n) is 3.85. The molecule has 1 spiro atoms. The minimum Gasteiger partial charge on any atom is -0.347 e. The van der Waals surface area contributed by atoms with E-state index in [2.05, 4.69) is 9.97 Å². The molecule has 22 heavy (non-hydrogen) atoms. The van der Waals surface area contributed by atoms with Gasteiger partial charge in [-0.1, -0.05) is 6.42 Å². The Labute approximate surface area is 131 Å². The Balaban J connectivity index is 1.59. The molecule has 120 valence electrons. The molecule has 0 radical (unpaired) electrons. The van der Waals surface area contributed by atoms with Gasteiger partial charge in [0.05, 0.1) is 5.54 Å². The maximum atomic E-state index is 12.6. The van der Waals surface area contributed by atoms with Crippen molar-refractivity contribution in [2.75, 3.05) is 26.0 Å². The number of hydrogen-bond donors (Lipinski definition) is 1. The van der Waals surface area contributed by atoms with Gasteiger partial charge in [0.25, 0.3) is 0 Å². The van der Waals surface area contributed by atoms with Crippen LogP contribution in [0.15, 0.2) is 12.4 Å². The average molecular weight is 303 g/mol. The standard InChI is InChI=1S/C16H25N5O/c1-20(2)14-18-7-12(8-19-14)9-21(3)13(22)16(17)10-15(11-16)5-4-6-15/h7-8H,4-6,9-11,17H2,1-3H3. The molecular formula is C16H25N5O. The number of anilines is 1. The molecule has 3 rings (SSSR count). The molecule has 6 nitrogen and oxygen atoms in total. The number of amides is 1. The van der Waals surface area contributed by atoms with Gasteiger partial charge in [0.15, 0.2) is 0 Å². The number of aromatic nitrogens is 2. The van der Waals surface area contributed by atoms with Crippen molar-refractivity contribution in [3.8, 4) is 0 Å². The zero-order chi connectivity index (χ0) is 16.0. The van der Waals surface area contributed by atoms with Crippen LogP contribution in [0.5, 0.6) is 0 Å². The van der Waals surface area contributed by atoms with Gasteiger partial charge in [0, 0.05) is 45.6 Å². The van der Waals surface area contributed by atoms with Crippen LogP contribution >= 0.6 is 0 Å². The van der Waals surface area contributed by atoms with Crippen LogP contribution < -0.4 is 10.6 Å². The highest BCUT2D eigenvalue weighted by Gasteiger charge is 2.59. The number of hydrogen-bond acceptors (Lipinski definition) is 5. The van der Waals surface area contributed by atoms with Crippen LogP contribution in [0, 0.1) is 5.41 Å². The summed E-state index contributed by atoms with van der Waals surface area (Å²) in [7, 11) is 5.61. The zero-order valence-corrected chi connectivity index (χ0v) is 13.7. The molecule has 2 aliphatic rings. The van der Waals surface area contributed by atoms with Gasteiger partial charge in [-0.25, -0.2) is 9.97 Å². The molecule has 0 aliphatic heterocycles. The number of carbonyl (C=O) groups excluding carboxylic acids is 1. The second-order valence-electron chi connectivity index (χ2n) is 7.31.